The van der Waals surface area contributed by atoms with Crippen LogP contribution in [-0.4, -0.2) is 38.7 Å². The first-order valence-electron chi connectivity index (χ1n) is 7.44. The van der Waals surface area contributed by atoms with Crippen LogP contribution in [0.2, 0.25) is 0 Å². The third kappa shape index (κ3) is 5.26. The Labute approximate surface area is 141 Å². The maximum Gasteiger partial charge on any atom is 0.315 e. The number of hydrogen-bond acceptors (Lipinski definition) is 4. The monoisotopic (exact) mass is 333 g/mol. The van der Waals surface area contributed by atoms with Gasteiger partial charge in [-0.25, -0.2) is 4.79 Å². The van der Waals surface area contributed by atoms with E-state index in [1.165, 1.54) is 4.88 Å². The Hall–Kier alpha value is -2.05. The normalized spacial score (nSPS) is 12.0. The number of nitrogens with one attached hydrogen (secondary N) is 2. The molecule has 124 valence electrons. The number of hydrogen-bond donors (Lipinski definition) is 2. The fraction of sp³-hybridized carbons (Fsp3) is 0.353. The van der Waals surface area contributed by atoms with E-state index in [4.69, 9.17) is 4.74 Å². The van der Waals surface area contributed by atoms with Crippen molar-refractivity contribution in [1.82, 2.24) is 15.5 Å². The molecule has 0 radical (unpaired) electrons. The van der Waals surface area contributed by atoms with Crippen molar-refractivity contribution in [2.75, 3.05) is 27.7 Å². The van der Waals surface area contributed by atoms with Crippen molar-refractivity contribution in [3.05, 3.63) is 52.2 Å². The fourth-order valence-electron chi connectivity index (χ4n) is 2.24. The number of benzene rings is 1. The lowest BCUT2D eigenvalue weighted by atomic mass is 10.2. The van der Waals surface area contributed by atoms with Crippen molar-refractivity contribution in [2.24, 2.45) is 0 Å². The molecule has 2 amide bonds. The van der Waals surface area contributed by atoms with Crippen LogP contribution in [0.15, 0.2) is 41.8 Å². The molecule has 1 unspecified atom stereocenters. The minimum atomic E-state index is -0.170. The van der Waals surface area contributed by atoms with E-state index >= 15 is 0 Å². The molecule has 0 aliphatic carbocycles. The number of thiophene rings is 1. The lowest BCUT2D eigenvalue weighted by molar-refractivity contribution is 0.233. The average Bonchev–Trinajstić information content (AvgIpc) is 3.07. The average molecular weight is 333 g/mol. The van der Waals surface area contributed by atoms with Crippen molar-refractivity contribution in [2.45, 2.75) is 12.6 Å². The molecule has 2 N–H and O–H groups in total. The van der Waals surface area contributed by atoms with Gasteiger partial charge in [0.1, 0.15) is 5.75 Å². The van der Waals surface area contributed by atoms with E-state index in [1.54, 1.807) is 18.4 Å². The van der Waals surface area contributed by atoms with Crippen LogP contribution < -0.4 is 15.4 Å². The Morgan fingerprint density at radius 2 is 2.09 bits per heavy atom. The van der Waals surface area contributed by atoms with E-state index in [2.05, 4.69) is 27.0 Å². The number of urea groups is 1. The van der Waals surface area contributed by atoms with Crippen molar-refractivity contribution < 1.29 is 9.53 Å². The molecule has 0 saturated heterocycles. The van der Waals surface area contributed by atoms with Gasteiger partial charge in [-0.05, 0) is 43.2 Å². The first-order chi connectivity index (χ1) is 11.1. The Kier molecular flexibility index (Phi) is 6.43. The lowest BCUT2D eigenvalue weighted by Crippen LogP contribution is -2.40. The molecule has 2 aromatic rings. The maximum absolute atomic E-state index is 12.0. The molecule has 5 nitrogen and oxygen atoms in total. The molecule has 1 atom stereocenters. The summed E-state index contributed by atoms with van der Waals surface area (Å²) in [6.07, 6.45) is 0. The van der Waals surface area contributed by atoms with Crippen LogP contribution in [0.3, 0.4) is 0 Å². The number of likely N-dealkylation sites (N-methyl/N-ethyl adjacent to an activating group) is 1. The van der Waals surface area contributed by atoms with Crippen LogP contribution in [-0.2, 0) is 6.54 Å². The summed E-state index contributed by atoms with van der Waals surface area (Å²) in [4.78, 5) is 15.3. The predicted octanol–water partition coefficient (Wildman–Crippen LogP) is 2.86. The number of methoxy groups -OCH3 is 1. The van der Waals surface area contributed by atoms with Gasteiger partial charge in [-0.3, -0.25) is 0 Å². The molecule has 0 aliphatic heterocycles. The Morgan fingerprint density at radius 3 is 2.74 bits per heavy atom. The largest absolute Gasteiger partial charge is 0.497 e. The van der Waals surface area contributed by atoms with E-state index in [-0.39, 0.29) is 12.1 Å². The lowest BCUT2D eigenvalue weighted by Gasteiger charge is -2.23. The Balaban J connectivity index is 1.82. The highest BCUT2D eigenvalue weighted by atomic mass is 32.1. The number of rotatable bonds is 7. The zero-order chi connectivity index (χ0) is 16.7. The van der Waals surface area contributed by atoms with Gasteiger partial charge in [-0.1, -0.05) is 18.2 Å². The van der Waals surface area contributed by atoms with E-state index < -0.39 is 0 Å². The first kappa shape index (κ1) is 17.3. The molecule has 6 heteroatoms. The van der Waals surface area contributed by atoms with Gasteiger partial charge < -0.3 is 20.3 Å². The molecule has 1 aromatic carbocycles. The van der Waals surface area contributed by atoms with Crippen LogP contribution in [0.1, 0.15) is 16.5 Å². The minimum absolute atomic E-state index is 0.170. The predicted molar refractivity (Wildman–Crippen MR) is 94.0 cm³/mol. The van der Waals surface area contributed by atoms with Gasteiger partial charge in [0.15, 0.2) is 0 Å². The van der Waals surface area contributed by atoms with E-state index in [1.807, 2.05) is 44.4 Å². The molecule has 0 bridgehead atoms. The third-order valence-corrected chi connectivity index (χ3v) is 4.51. The molecule has 0 fully saturated rings. The molecule has 1 heterocycles. The van der Waals surface area contributed by atoms with Gasteiger partial charge in [-0.15, -0.1) is 11.3 Å². The summed E-state index contributed by atoms with van der Waals surface area (Å²) >= 11 is 1.70. The summed E-state index contributed by atoms with van der Waals surface area (Å²) in [6, 6.07) is 11.8. The molecular formula is C17H23N3O2S. The molecule has 1 aromatic heterocycles. The van der Waals surface area contributed by atoms with Gasteiger partial charge in [0.25, 0.3) is 0 Å². The standard InChI is InChI=1S/C17H23N3O2S/c1-20(2)15(16-8-5-9-23-16)12-19-17(21)18-11-13-6-4-7-14(10-13)22-3/h4-10,15H,11-12H2,1-3H3,(H2,18,19,21). The quantitative estimate of drug-likeness (QED) is 0.819. The number of nitrogens with zero attached hydrogens (tertiary/aromatic N) is 1. The SMILES string of the molecule is COc1cccc(CNC(=O)NCC(c2cccs2)N(C)C)c1. The highest BCUT2D eigenvalue weighted by molar-refractivity contribution is 7.10. The van der Waals surface area contributed by atoms with Crippen molar-refractivity contribution in [3.8, 4) is 5.75 Å². The van der Waals surface area contributed by atoms with Crippen LogP contribution in [0.5, 0.6) is 5.75 Å². The van der Waals surface area contributed by atoms with Crippen molar-refractivity contribution in [1.29, 1.82) is 0 Å². The molecule has 2 rings (SSSR count). The summed E-state index contributed by atoms with van der Waals surface area (Å²) in [5, 5.41) is 7.85. The summed E-state index contributed by atoms with van der Waals surface area (Å²) in [6.45, 7) is 1.03. The topological polar surface area (TPSA) is 53.6 Å². The maximum atomic E-state index is 12.0. The summed E-state index contributed by atoms with van der Waals surface area (Å²) in [5.74, 6) is 0.787. The summed E-state index contributed by atoms with van der Waals surface area (Å²) < 4.78 is 5.18. The van der Waals surface area contributed by atoms with Gasteiger partial charge in [0, 0.05) is 18.0 Å². The Bertz CT molecular complexity index is 614. The van der Waals surface area contributed by atoms with Gasteiger partial charge in [0.05, 0.1) is 13.2 Å². The molecule has 23 heavy (non-hydrogen) atoms. The van der Waals surface area contributed by atoms with Crippen molar-refractivity contribution in [3.63, 3.8) is 0 Å². The Morgan fingerprint density at radius 1 is 1.26 bits per heavy atom. The third-order valence-electron chi connectivity index (χ3n) is 3.54. The minimum Gasteiger partial charge on any atom is -0.497 e. The highest BCUT2D eigenvalue weighted by Crippen LogP contribution is 2.22. The smallest absolute Gasteiger partial charge is 0.315 e. The van der Waals surface area contributed by atoms with Crippen molar-refractivity contribution >= 4 is 17.4 Å². The van der Waals surface area contributed by atoms with Crippen LogP contribution in [0.4, 0.5) is 4.79 Å². The number of ether oxygens (including phenoxy) is 1. The second-order valence-corrected chi connectivity index (χ2v) is 6.39. The molecule has 0 spiro atoms. The van der Waals surface area contributed by atoms with E-state index in [0.717, 1.165) is 11.3 Å². The van der Waals surface area contributed by atoms with Crippen LogP contribution in [0, 0.1) is 0 Å². The number of carbonyl (C=O) groups excluding carboxylic acids is 1. The van der Waals surface area contributed by atoms with Gasteiger partial charge in [0.2, 0.25) is 0 Å². The zero-order valence-corrected chi connectivity index (χ0v) is 14.5. The number of carbonyl (C=O) groups is 1. The molecule has 0 saturated carbocycles. The first-order valence-corrected chi connectivity index (χ1v) is 8.32. The second-order valence-electron chi connectivity index (χ2n) is 5.41. The van der Waals surface area contributed by atoms with Crippen LogP contribution >= 0.6 is 11.3 Å². The highest BCUT2D eigenvalue weighted by Gasteiger charge is 2.15. The summed E-state index contributed by atoms with van der Waals surface area (Å²) in [5.41, 5.74) is 1.00. The molecule has 0 aliphatic rings. The van der Waals surface area contributed by atoms with Gasteiger partial charge >= 0.3 is 6.03 Å². The van der Waals surface area contributed by atoms with Crippen LogP contribution in [0.25, 0.3) is 0 Å². The number of amides is 2. The molecular weight excluding hydrogens is 310 g/mol. The van der Waals surface area contributed by atoms with E-state index in [0.29, 0.717) is 13.1 Å². The zero-order valence-electron chi connectivity index (χ0n) is 13.7. The summed E-state index contributed by atoms with van der Waals surface area (Å²) in [7, 11) is 5.66. The van der Waals surface area contributed by atoms with E-state index in [9.17, 15) is 4.79 Å². The van der Waals surface area contributed by atoms with Gasteiger partial charge in [-0.2, -0.15) is 0 Å². The fourth-order valence-corrected chi connectivity index (χ4v) is 3.16. The second kappa shape index (κ2) is 8.55.